The molecule has 3 heteroatoms. The fraction of sp³-hybridized carbons (Fsp3) is 0.0154. The Morgan fingerprint density at radius 2 is 0.838 bits per heavy atom. The Balaban J connectivity index is 1.11. The van der Waals surface area contributed by atoms with Crippen molar-refractivity contribution in [2.75, 3.05) is 4.90 Å². The second-order valence-corrected chi connectivity index (χ2v) is 18.3. The number of benzene rings is 11. The third-order valence-electron chi connectivity index (χ3n) is 15.1. The molecule has 0 unspecified atom stereocenters. The van der Waals surface area contributed by atoms with Crippen LogP contribution in [0.4, 0.5) is 17.1 Å². The highest BCUT2D eigenvalue weighted by Gasteiger charge is 2.52. The van der Waals surface area contributed by atoms with E-state index in [1.54, 1.807) is 0 Å². The quantitative estimate of drug-likeness (QED) is 0.168. The molecule has 11 aromatic carbocycles. The van der Waals surface area contributed by atoms with Gasteiger partial charge in [-0.15, -0.1) is 0 Å². The third-order valence-corrected chi connectivity index (χ3v) is 15.1. The van der Waals surface area contributed by atoms with Gasteiger partial charge in [-0.3, -0.25) is 0 Å². The lowest BCUT2D eigenvalue weighted by molar-refractivity contribution is 0.794. The molecule has 3 nitrogen and oxygen atoms in total. The summed E-state index contributed by atoms with van der Waals surface area (Å²) >= 11 is 0. The van der Waals surface area contributed by atoms with Crippen molar-refractivity contribution in [2.24, 2.45) is 0 Å². The molecular formula is C65H41N3. The SMILES string of the molecule is c1ccc(-n2c3ccccc3c3cccc(N(c4cccc5c4-c4ccccc4C54c5ccccc5-c5ccccc54)c4cccc5c4c4ccccc4n5-c4ccc5ccccc5c4)c32)cc1. The molecule has 0 N–H and O–H groups in total. The van der Waals surface area contributed by atoms with Crippen molar-refractivity contribution in [3.8, 4) is 33.6 Å². The number of aromatic nitrogens is 2. The largest absolute Gasteiger partial charge is 0.309 e. The molecule has 0 aliphatic heterocycles. The van der Waals surface area contributed by atoms with E-state index in [9.17, 15) is 0 Å². The summed E-state index contributed by atoms with van der Waals surface area (Å²) in [5, 5.41) is 7.29. The molecule has 0 fully saturated rings. The van der Waals surface area contributed by atoms with Crippen LogP contribution < -0.4 is 4.90 Å². The fourth-order valence-corrected chi connectivity index (χ4v) is 12.5. The first-order valence-electron chi connectivity index (χ1n) is 23.6. The van der Waals surface area contributed by atoms with Gasteiger partial charge in [0.25, 0.3) is 0 Å². The van der Waals surface area contributed by atoms with Gasteiger partial charge in [0.1, 0.15) is 0 Å². The standard InChI is InChI=1S/C65H41N3/c1-2-21-44(22-3-1)67-56-33-14-9-25-48(56)49-28-16-38-61(64(49)67)68(60-37-18-36-59-63(60)51-27-10-15-34-57(51)66(59)45-40-39-42-19-4-5-20-43(42)41-45)58-35-17-32-55-62(58)50-26-8-13-31-54(50)65(55)52-29-11-6-23-46(52)47-24-7-12-30-53(47)65/h1-41H. The third kappa shape index (κ3) is 4.87. The summed E-state index contributed by atoms with van der Waals surface area (Å²) in [5.74, 6) is 0. The summed E-state index contributed by atoms with van der Waals surface area (Å²) in [4.78, 5) is 2.61. The lowest BCUT2D eigenvalue weighted by atomic mass is 9.70. The zero-order valence-electron chi connectivity index (χ0n) is 37.0. The number of anilines is 3. The number of fused-ring (bicyclic) bond motifs is 17. The van der Waals surface area contributed by atoms with Crippen LogP contribution in [-0.4, -0.2) is 9.13 Å². The summed E-state index contributed by atoms with van der Waals surface area (Å²) in [6.07, 6.45) is 0. The van der Waals surface area contributed by atoms with Gasteiger partial charge < -0.3 is 14.0 Å². The Labute approximate surface area is 393 Å². The van der Waals surface area contributed by atoms with Crippen LogP contribution in [0.3, 0.4) is 0 Å². The lowest BCUT2D eigenvalue weighted by Crippen LogP contribution is -2.26. The van der Waals surface area contributed by atoms with Crippen LogP contribution in [0, 0.1) is 0 Å². The fourth-order valence-electron chi connectivity index (χ4n) is 12.5. The zero-order chi connectivity index (χ0) is 44.5. The van der Waals surface area contributed by atoms with Crippen LogP contribution in [-0.2, 0) is 5.41 Å². The van der Waals surface area contributed by atoms with E-state index < -0.39 is 5.41 Å². The Morgan fingerprint density at radius 1 is 0.309 bits per heavy atom. The van der Waals surface area contributed by atoms with Gasteiger partial charge in [-0.1, -0.05) is 188 Å². The van der Waals surface area contributed by atoms with Gasteiger partial charge in [-0.2, -0.15) is 0 Å². The van der Waals surface area contributed by atoms with Crippen molar-refractivity contribution in [3.63, 3.8) is 0 Å². The number of rotatable bonds is 5. The highest BCUT2D eigenvalue weighted by atomic mass is 15.2. The first-order chi connectivity index (χ1) is 33.8. The second-order valence-electron chi connectivity index (χ2n) is 18.3. The summed E-state index contributed by atoms with van der Waals surface area (Å²) in [5.41, 5.74) is 20.2. The summed E-state index contributed by atoms with van der Waals surface area (Å²) in [6, 6.07) is 92.5. The van der Waals surface area contributed by atoms with Crippen molar-refractivity contribution in [1.29, 1.82) is 0 Å². The highest BCUT2D eigenvalue weighted by Crippen LogP contribution is 2.65. The topological polar surface area (TPSA) is 13.1 Å². The number of nitrogens with zero attached hydrogens (tertiary/aromatic N) is 3. The lowest BCUT2D eigenvalue weighted by Gasteiger charge is -2.32. The molecule has 316 valence electrons. The summed E-state index contributed by atoms with van der Waals surface area (Å²) in [6.45, 7) is 0. The number of hydrogen-bond donors (Lipinski definition) is 0. The minimum Gasteiger partial charge on any atom is -0.309 e. The number of hydrogen-bond acceptors (Lipinski definition) is 1. The second kappa shape index (κ2) is 14.0. The van der Waals surface area contributed by atoms with Crippen molar-refractivity contribution >= 4 is 71.4 Å². The Morgan fingerprint density at radius 3 is 1.62 bits per heavy atom. The first kappa shape index (κ1) is 37.3. The minimum atomic E-state index is -0.496. The summed E-state index contributed by atoms with van der Waals surface area (Å²) in [7, 11) is 0. The van der Waals surface area contributed by atoms with Crippen LogP contribution in [0.2, 0.25) is 0 Å². The van der Waals surface area contributed by atoms with Crippen molar-refractivity contribution in [1.82, 2.24) is 9.13 Å². The molecule has 0 atom stereocenters. The van der Waals surface area contributed by atoms with E-state index in [-0.39, 0.29) is 0 Å². The molecule has 2 aliphatic rings. The van der Waals surface area contributed by atoms with Crippen LogP contribution in [0.5, 0.6) is 0 Å². The van der Waals surface area contributed by atoms with E-state index in [0.717, 1.165) is 39.5 Å². The summed E-state index contributed by atoms with van der Waals surface area (Å²) < 4.78 is 4.94. The highest BCUT2D eigenvalue weighted by molar-refractivity contribution is 6.20. The minimum absolute atomic E-state index is 0.496. The van der Waals surface area contributed by atoms with E-state index in [2.05, 4.69) is 263 Å². The van der Waals surface area contributed by atoms with Gasteiger partial charge in [0.2, 0.25) is 0 Å². The van der Waals surface area contributed by atoms with E-state index in [4.69, 9.17) is 0 Å². The van der Waals surface area contributed by atoms with Gasteiger partial charge in [0.15, 0.2) is 0 Å². The van der Waals surface area contributed by atoms with E-state index >= 15 is 0 Å². The van der Waals surface area contributed by atoms with Gasteiger partial charge in [-0.25, -0.2) is 0 Å². The number of para-hydroxylation sites is 4. The van der Waals surface area contributed by atoms with Gasteiger partial charge in [0, 0.05) is 38.5 Å². The van der Waals surface area contributed by atoms with Crippen LogP contribution in [0.25, 0.3) is 88.0 Å². The Kier molecular flexibility index (Phi) is 7.71. The molecular weight excluding hydrogens is 823 g/mol. The average molecular weight is 864 g/mol. The molecule has 13 aromatic rings. The van der Waals surface area contributed by atoms with Crippen LogP contribution in [0.1, 0.15) is 22.3 Å². The maximum absolute atomic E-state index is 2.61. The van der Waals surface area contributed by atoms with E-state index in [0.29, 0.717) is 0 Å². The molecule has 0 saturated carbocycles. The molecule has 15 rings (SSSR count). The normalized spacial score (nSPS) is 13.1. The molecule has 2 aromatic heterocycles. The predicted octanol–water partition coefficient (Wildman–Crippen LogP) is 16.8. The van der Waals surface area contributed by atoms with Gasteiger partial charge in [0.05, 0.1) is 44.5 Å². The van der Waals surface area contributed by atoms with E-state index in [1.165, 1.54) is 87.9 Å². The predicted molar refractivity (Wildman–Crippen MR) is 284 cm³/mol. The molecule has 2 aliphatic carbocycles. The molecule has 0 radical (unpaired) electrons. The molecule has 68 heavy (non-hydrogen) atoms. The molecule has 2 heterocycles. The maximum atomic E-state index is 2.61. The van der Waals surface area contributed by atoms with Crippen molar-refractivity contribution in [3.05, 3.63) is 271 Å². The average Bonchev–Trinajstić information content (AvgIpc) is 4.12. The van der Waals surface area contributed by atoms with Crippen LogP contribution >= 0.6 is 0 Å². The molecule has 0 amide bonds. The van der Waals surface area contributed by atoms with Crippen molar-refractivity contribution in [2.45, 2.75) is 5.41 Å². The monoisotopic (exact) mass is 863 g/mol. The molecule has 0 saturated heterocycles. The first-order valence-corrected chi connectivity index (χ1v) is 23.6. The Hall–Kier alpha value is -8.92. The van der Waals surface area contributed by atoms with Gasteiger partial charge in [-0.05, 0) is 110 Å². The smallest absolute Gasteiger partial charge is 0.0782 e. The zero-order valence-corrected chi connectivity index (χ0v) is 37.0. The van der Waals surface area contributed by atoms with E-state index in [1.807, 2.05) is 0 Å². The Bertz CT molecular complexity index is 4180. The van der Waals surface area contributed by atoms with Crippen molar-refractivity contribution < 1.29 is 0 Å². The van der Waals surface area contributed by atoms with Gasteiger partial charge >= 0.3 is 0 Å². The van der Waals surface area contributed by atoms with Crippen LogP contribution in [0.15, 0.2) is 249 Å². The molecule has 1 spiro atoms. The maximum Gasteiger partial charge on any atom is 0.0782 e. The molecule has 0 bridgehead atoms.